The number of piperidine rings is 1. The molecule has 3 aliphatic rings. The molecule has 0 spiro atoms. The molecule has 2 atom stereocenters. The van der Waals surface area contributed by atoms with Gasteiger partial charge in [0.25, 0.3) is 5.56 Å². The third-order valence-electron chi connectivity index (χ3n) is 6.59. The summed E-state index contributed by atoms with van der Waals surface area (Å²) in [4.78, 5) is 29.4. The van der Waals surface area contributed by atoms with Gasteiger partial charge in [-0.05, 0) is 37.5 Å². The highest BCUT2D eigenvalue weighted by molar-refractivity contribution is 5.76. The second kappa shape index (κ2) is 7.83. The van der Waals surface area contributed by atoms with E-state index in [1.54, 1.807) is 0 Å². The summed E-state index contributed by atoms with van der Waals surface area (Å²) in [7, 11) is 0. The number of pyridine rings is 1. The molecular formula is C22H28N6O2. The molecule has 5 rings (SSSR count). The normalized spacial score (nSPS) is 24.2. The van der Waals surface area contributed by atoms with E-state index in [1.165, 1.54) is 0 Å². The van der Waals surface area contributed by atoms with Crippen LogP contribution in [-0.4, -0.2) is 58.3 Å². The third kappa shape index (κ3) is 3.71. The Kier molecular flexibility index (Phi) is 5.02. The number of fused-ring (bicyclic) bond motifs is 4. The summed E-state index contributed by atoms with van der Waals surface area (Å²) < 4.78 is 2.01. The van der Waals surface area contributed by atoms with Crippen molar-refractivity contribution in [1.29, 1.82) is 0 Å². The lowest BCUT2D eigenvalue weighted by atomic mass is 9.83. The van der Waals surface area contributed by atoms with Crippen LogP contribution in [0.2, 0.25) is 0 Å². The Labute approximate surface area is 175 Å². The van der Waals surface area contributed by atoms with Crippen LogP contribution in [0.1, 0.15) is 35.7 Å². The van der Waals surface area contributed by atoms with Crippen LogP contribution < -0.4 is 15.8 Å². The third-order valence-corrected chi connectivity index (χ3v) is 6.59. The quantitative estimate of drug-likeness (QED) is 0.812. The van der Waals surface area contributed by atoms with Gasteiger partial charge in [0.15, 0.2) is 5.82 Å². The number of nitrogens with one attached hydrogen (secondary N) is 1. The number of carbonyl (C=O) groups excluding carboxylic acids is 1. The number of carbonyl (C=O) groups is 1. The number of rotatable bonds is 3. The molecule has 8 nitrogen and oxygen atoms in total. The molecule has 0 aliphatic carbocycles. The molecule has 3 aliphatic heterocycles. The monoisotopic (exact) mass is 408 g/mol. The largest absolute Gasteiger partial charge is 0.355 e. The van der Waals surface area contributed by atoms with Crippen molar-refractivity contribution in [2.75, 3.05) is 37.6 Å². The Morgan fingerprint density at radius 2 is 1.97 bits per heavy atom. The van der Waals surface area contributed by atoms with E-state index >= 15 is 0 Å². The molecule has 0 aromatic carbocycles. The summed E-state index contributed by atoms with van der Waals surface area (Å²) in [6.45, 7) is 7.21. The highest BCUT2D eigenvalue weighted by Crippen LogP contribution is 2.36. The van der Waals surface area contributed by atoms with Crippen LogP contribution in [0.25, 0.3) is 0 Å². The summed E-state index contributed by atoms with van der Waals surface area (Å²) in [5.74, 6) is 1.79. The molecular weight excluding hydrogens is 380 g/mol. The number of aromatic nitrogens is 3. The Hall–Kier alpha value is -2.74. The summed E-state index contributed by atoms with van der Waals surface area (Å²) >= 11 is 0. The number of amides is 1. The van der Waals surface area contributed by atoms with E-state index in [4.69, 9.17) is 0 Å². The van der Waals surface area contributed by atoms with E-state index in [9.17, 15) is 9.59 Å². The van der Waals surface area contributed by atoms with Gasteiger partial charge in [0.05, 0.1) is 5.69 Å². The predicted molar refractivity (Wildman–Crippen MR) is 113 cm³/mol. The van der Waals surface area contributed by atoms with E-state index in [0.29, 0.717) is 37.9 Å². The van der Waals surface area contributed by atoms with Gasteiger partial charge < -0.3 is 14.8 Å². The zero-order valence-electron chi connectivity index (χ0n) is 17.4. The van der Waals surface area contributed by atoms with Gasteiger partial charge in [0.1, 0.15) is 0 Å². The minimum atomic E-state index is 0.0929. The highest BCUT2D eigenvalue weighted by Gasteiger charge is 2.35. The zero-order valence-corrected chi connectivity index (χ0v) is 17.4. The van der Waals surface area contributed by atoms with Crippen LogP contribution in [0.15, 0.2) is 29.1 Å². The standard InChI is InChI=1S/C22H28N6O2/c1-15-2-5-20(25-24-15)27-11-16-10-18(14-27)19-4-3-17(22(30)28(19)12-16)13-26-8-6-21(29)23-7-9-26/h2-5,16,18H,6-14H2,1H3,(H,23,29)/t16-,18+/m0/s1. The molecule has 0 saturated carbocycles. The molecule has 2 aromatic heterocycles. The Balaban J connectivity index is 1.36. The van der Waals surface area contributed by atoms with Crippen molar-refractivity contribution in [3.63, 3.8) is 0 Å². The second-order valence-corrected chi connectivity index (χ2v) is 8.81. The SMILES string of the molecule is Cc1ccc(N2C[C@@H]3C[C@H](C2)c2ccc(CN4CCNC(=O)CC4)c(=O)n2C3)nn1. The fraction of sp³-hybridized carbons (Fsp3) is 0.545. The number of anilines is 1. The minimum absolute atomic E-state index is 0.0929. The first-order valence-corrected chi connectivity index (χ1v) is 10.8. The van der Waals surface area contributed by atoms with Gasteiger partial charge in [-0.2, -0.15) is 5.10 Å². The van der Waals surface area contributed by atoms with Gasteiger partial charge in [0, 0.05) is 69.4 Å². The first-order chi connectivity index (χ1) is 14.6. The van der Waals surface area contributed by atoms with Crippen LogP contribution in [0.4, 0.5) is 5.82 Å². The average molecular weight is 409 g/mol. The van der Waals surface area contributed by atoms with Gasteiger partial charge in [-0.15, -0.1) is 5.10 Å². The number of nitrogens with zero attached hydrogens (tertiary/aromatic N) is 5. The van der Waals surface area contributed by atoms with Crippen molar-refractivity contribution in [3.05, 3.63) is 51.6 Å². The van der Waals surface area contributed by atoms with Crippen molar-refractivity contribution in [3.8, 4) is 0 Å². The van der Waals surface area contributed by atoms with E-state index < -0.39 is 0 Å². The molecule has 0 radical (unpaired) electrons. The zero-order chi connectivity index (χ0) is 20.7. The van der Waals surface area contributed by atoms with Gasteiger partial charge in [-0.1, -0.05) is 6.07 Å². The molecule has 30 heavy (non-hydrogen) atoms. The van der Waals surface area contributed by atoms with Crippen molar-refractivity contribution in [2.45, 2.75) is 38.8 Å². The molecule has 1 amide bonds. The van der Waals surface area contributed by atoms with Gasteiger partial charge in [-0.25, -0.2) is 0 Å². The number of hydrogen-bond donors (Lipinski definition) is 1. The van der Waals surface area contributed by atoms with Crippen molar-refractivity contribution in [2.24, 2.45) is 5.92 Å². The van der Waals surface area contributed by atoms with E-state index in [2.05, 4.69) is 31.4 Å². The highest BCUT2D eigenvalue weighted by atomic mass is 16.1. The fourth-order valence-corrected chi connectivity index (χ4v) is 5.07. The average Bonchev–Trinajstić information content (AvgIpc) is 2.95. The lowest BCUT2D eigenvalue weighted by Crippen LogP contribution is -2.48. The summed E-state index contributed by atoms with van der Waals surface area (Å²) in [5, 5.41) is 11.5. The molecule has 1 N–H and O–H groups in total. The number of hydrogen-bond acceptors (Lipinski definition) is 6. The fourth-order valence-electron chi connectivity index (χ4n) is 5.07. The lowest BCUT2D eigenvalue weighted by Gasteiger charge is -2.43. The molecule has 5 heterocycles. The van der Waals surface area contributed by atoms with Crippen molar-refractivity contribution in [1.82, 2.24) is 25.0 Å². The molecule has 0 unspecified atom stereocenters. The van der Waals surface area contributed by atoms with Crippen LogP contribution in [0.3, 0.4) is 0 Å². The van der Waals surface area contributed by atoms with Crippen molar-refractivity contribution < 1.29 is 4.79 Å². The maximum absolute atomic E-state index is 13.3. The van der Waals surface area contributed by atoms with E-state index in [0.717, 1.165) is 55.4 Å². The second-order valence-electron chi connectivity index (χ2n) is 8.81. The Bertz CT molecular complexity index is 1000. The van der Waals surface area contributed by atoms with Gasteiger partial charge in [-0.3, -0.25) is 14.5 Å². The maximum Gasteiger partial charge on any atom is 0.255 e. The topological polar surface area (TPSA) is 83.4 Å². The molecule has 2 aromatic rings. The van der Waals surface area contributed by atoms with Gasteiger partial charge in [0.2, 0.25) is 5.91 Å². The molecule has 2 fully saturated rings. The molecule has 2 saturated heterocycles. The first kappa shape index (κ1) is 19.2. The van der Waals surface area contributed by atoms with Crippen LogP contribution >= 0.6 is 0 Å². The van der Waals surface area contributed by atoms with Gasteiger partial charge >= 0.3 is 0 Å². The van der Waals surface area contributed by atoms with E-state index in [1.807, 2.05) is 29.7 Å². The Morgan fingerprint density at radius 3 is 2.80 bits per heavy atom. The summed E-state index contributed by atoms with van der Waals surface area (Å²) in [5.41, 5.74) is 3.02. The smallest absolute Gasteiger partial charge is 0.255 e. The maximum atomic E-state index is 13.3. The molecule has 8 heteroatoms. The summed E-state index contributed by atoms with van der Waals surface area (Å²) in [6.07, 6.45) is 1.61. The predicted octanol–water partition coefficient (Wildman–Crippen LogP) is 0.892. The van der Waals surface area contributed by atoms with Crippen molar-refractivity contribution >= 4 is 11.7 Å². The first-order valence-electron chi connectivity index (χ1n) is 10.8. The van der Waals surface area contributed by atoms with E-state index in [-0.39, 0.29) is 11.5 Å². The summed E-state index contributed by atoms with van der Waals surface area (Å²) in [6, 6.07) is 8.19. The number of aryl methyl sites for hydroxylation is 1. The van der Waals surface area contributed by atoms with Crippen LogP contribution in [0.5, 0.6) is 0 Å². The molecule has 2 bridgehead atoms. The Morgan fingerprint density at radius 1 is 1.07 bits per heavy atom. The molecule has 158 valence electrons. The lowest BCUT2D eigenvalue weighted by molar-refractivity contribution is -0.120. The minimum Gasteiger partial charge on any atom is -0.355 e. The van der Waals surface area contributed by atoms with Crippen LogP contribution in [0, 0.1) is 12.8 Å². The van der Waals surface area contributed by atoms with Crippen LogP contribution in [-0.2, 0) is 17.9 Å².